The molecule has 4 heteroatoms. The Kier molecular flexibility index (Phi) is 6.36. The van der Waals surface area contributed by atoms with E-state index in [1.54, 1.807) is 0 Å². The number of aryl methyl sites for hydroxylation is 1. The summed E-state index contributed by atoms with van der Waals surface area (Å²) in [7, 11) is 0. The summed E-state index contributed by atoms with van der Waals surface area (Å²) < 4.78 is 4.17. The Labute approximate surface area is 245 Å². The van der Waals surface area contributed by atoms with Crippen molar-refractivity contribution >= 4 is 63.7 Å². The molecule has 0 unspecified atom stereocenters. The van der Waals surface area contributed by atoms with Gasteiger partial charge in [-0.2, -0.15) is 0 Å². The molecule has 0 spiro atoms. The molecule has 0 radical (unpaired) electrons. The van der Waals surface area contributed by atoms with Crippen molar-refractivity contribution < 1.29 is 0 Å². The largest absolute Gasteiger partial charge is 0.0715 e. The van der Waals surface area contributed by atoms with E-state index in [1.807, 2.05) is 0 Å². The van der Waals surface area contributed by atoms with Gasteiger partial charge in [0.15, 0.2) is 0 Å². The average molecular weight is 724 g/mol. The summed E-state index contributed by atoms with van der Waals surface area (Å²) in [4.78, 5) is 0. The minimum absolute atomic E-state index is 0.498. The van der Waals surface area contributed by atoms with Crippen LogP contribution in [0.15, 0.2) is 121 Å². The highest BCUT2D eigenvalue weighted by atomic mass is 79.9. The maximum absolute atomic E-state index is 3.78. The summed E-state index contributed by atoms with van der Waals surface area (Å²) in [5.41, 5.74) is 10.8. The van der Waals surface area contributed by atoms with E-state index >= 15 is 0 Å². The first kappa shape index (κ1) is 24.4. The summed E-state index contributed by atoms with van der Waals surface area (Å²) in [5.74, 6) is 0. The quantitative estimate of drug-likeness (QED) is 0.171. The van der Waals surface area contributed by atoms with Crippen molar-refractivity contribution in [2.45, 2.75) is 12.3 Å². The molecular weight excluding hydrogens is 704 g/mol. The van der Waals surface area contributed by atoms with Gasteiger partial charge < -0.3 is 0 Å². The lowest BCUT2D eigenvalue weighted by Crippen LogP contribution is -2.29. The predicted molar refractivity (Wildman–Crippen MR) is 165 cm³/mol. The van der Waals surface area contributed by atoms with E-state index in [0.29, 0.717) is 0 Å². The summed E-state index contributed by atoms with van der Waals surface area (Å²) in [6.45, 7) is 2.18. The Morgan fingerprint density at radius 2 is 1.08 bits per heavy atom. The van der Waals surface area contributed by atoms with Crippen LogP contribution >= 0.6 is 63.7 Å². The van der Waals surface area contributed by atoms with Gasteiger partial charge in [-0.3, -0.25) is 0 Å². The van der Waals surface area contributed by atoms with E-state index < -0.39 is 5.41 Å². The highest BCUT2D eigenvalue weighted by Crippen LogP contribution is 2.59. The molecule has 0 nitrogen and oxygen atoms in total. The van der Waals surface area contributed by atoms with E-state index in [9.17, 15) is 0 Å². The Morgan fingerprint density at radius 3 is 1.67 bits per heavy atom. The van der Waals surface area contributed by atoms with Crippen molar-refractivity contribution in [1.29, 1.82) is 0 Å². The van der Waals surface area contributed by atoms with E-state index in [1.165, 1.54) is 50.1 Å². The Bertz CT molecular complexity index is 1540. The van der Waals surface area contributed by atoms with Crippen LogP contribution in [0.2, 0.25) is 0 Å². The predicted octanol–water partition coefficient (Wildman–Crippen LogP) is 11.1. The summed E-state index contributed by atoms with van der Waals surface area (Å²) in [6, 6.07) is 37.6. The molecule has 176 valence electrons. The average Bonchev–Trinajstić information content (AvgIpc) is 3.14. The van der Waals surface area contributed by atoms with Crippen LogP contribution in [0.5, 0.6) is 0 Å². The number of fused-ring (bicyclic) bond motifs is 3. The molecule has 5 aromatic rings. The second-order valence-electron chi connectivity index (χ2n) is 9.21. The number of halogens is 4. The van der Waals surface area contributed by atoms with Gasteiger partial charge in [0.1, 0.15) is 0 Å². The first-order valence-electron chi connectivity index (χ1n) is 11.6. The molecule has 1 aliphatic carbocycles. The first-order chi connectivity index (χ1) is 17.4. The Hall–Kier alpha value is -1.98. The van der Waals surface area contributed by atoms with Crippen molar-refractivity contribution in [2.75, 3.05) is 0 Å². The second kappa shape index (κ2) is 9.40. The number of benzene rings is 5. The SMILES string of the molecule is Cc1ccc2c(c1)-c1c(-c3ccccc3)cccc1C2(c1cc(Br)cc(Br)c1)c1cc(Br)cc(Br)c1. The summed E-state index contributed by atoms with van der Waals surface area (Å²) >= 11 is 15.1. The van der Waals surface area contributed by atoms with E-state index in [2.05, 4.69) is 174 Å². The monoisotopic (exact) mass is 720 g/mol. The van der Waals surface area contributed by atoms with E-state index in [0.717, 1.165) is 17.9 Å². The van der Waals surface area contributed by atoms with E-state index in [4.69, 9.17) is 0 Å². The van der Waals surface area contributed by atoms with Crippen LogP contribution in [0.3, 0.4) is 0 Å². The van der Waals surface area contributed by atoms with Crippen LogP contribution < -0.4 is 0 Å². The summed E-state index contributed by atoms with van der Waals surface area (Å²) in [6.07, 6.45) is 0. The molecule has 0 bridgehead atoms. The van der Waals surface area contributed by atoms with Gasteiger partial charge in [0.05, 0.1) is 5.41 Å². The fraction of sp³-hybridized carbons (Fsp3) is 0.0625. The molecule has 1 aliphatic rings. The van der Waals surface area contributed by atoms with Crippen LogP contribution in [-0.4, -0.2) is 0 Å². The van der Waals surface area contributed by atoms with Gasteiger partial charge in [0.25, 0.3) is 0 Å². The molecule has 36 heavy (non-hydrogen) atoms. The third-order valence-electron chi connectivity index (χ3n) is 6.99. The molecule has 0 aromatic heterocycles. The molecule has 0 fully saturated rings. The van der Waals surface area contributed by atoms with Crippen molar-refractivity contribution in [2.24, 2.45) is 0 Å². The molecule has 0 N–H and O–H groups in total. The smallest absolute Gasteiger partial charge is 0.0622 e. The zero-order valence-corrected chi connectivity index (χ0v) is 25.7. The zero-order valence-electron chi connectivity index (χ0n) is 19.3. The fourth-order valence-corrected chi connectivity index (χ4v) is 8.27. The highest BCUT2D eigenvalue weighted by Gasteiger charge is 2.47. The fourth-order valence-electron chi connectivity index (χ4n) is 5.68. The third-order valence-corrected chi connectivity index (χ3v) is 8.82. The van der Waals surface area contributed by atoms with Crippen LogP contribution in [0.1, 0.15) is 27.8 Å². The zero-order chi connectivity index (χ0) is 25.0. The first-order valence-corrected chi connectivity index (χ1v) is 14.8. The maximum Gasteiger partial charge on any atom is 0.0715 e. The molecule has 0 atom stereocenters. The van der Waals surface area contributed by atoms with Crippen LogP contribution in [0.25, 0.3) is 22.3 Å². The number of hydrogen-bond donors (Lipinski definition) is 0. The lowest BCUT2D eigenvalue weighted by Gasteiger charge is -2.34. The van der Waals surface area contributed by atoms with Crippen LogP contribution in [0, 0.1) is 6.92 Å². The minimum Gasteiger partial charge on any atom is -0.0622 e. The highest BCUT2D eigenvalue weighted by molar-refractivity contribution is 9.11. The number of rotatable bonds is 3. The molecular formula is C32H20Br4. The standard InChI is InChI=1S/C32H20Br4/c1-19-10-11-29-28(12-19)31-27(20-6-3-2-4-7-20)8-5-9-30(31)32(29,21-13-23(33)17-24(34)14-21)22-15-25(35)18-26(36)16-22/h2-18H,1H3. The maximum atomic E-state index is 3.78. The number of hydrogen-bond acceptors (Lipinski definition) is 0. The third kappa shape index (κ3) is 3.89. The van der Waals surface area contributed by atoms with Crippen molar-refractivity contribution in [3.8, 4) is 22.3 Å². The summed E-state index contributed by atoms with van der Waals surface area (Å²) in [5, 5.41) is 0. The van der Waals surface area contributed by atoms with Gasteiger partial charge >= 0.3 is 0 Å². The normalized spacial score (nSPS) is 13.4. The van der Waals surface area contributed by atoms with Crippen molar-refractivity contribution in [1.82, 2.24) is 0 Å². The van der Waals surface area contributed by atoms with Crippen LogP contribution in [-0.2, 0) is 5.41 Å². The molecule has 0 aliphatic heterocycles. The second-order valence-corrected chi connectivity index (χ2v) is 12.9. The van der Waals surface area contributed by atoms with Crippen LogP contribution in [0.4, 0.5) is 0 Å². The lowest BCUT2D eigenvalue weighted by atomic mass is 9.67. The van der Waals surface area contributed by atoms with E-state index in [-0.39, 0.29) is 0 Å². The topological polar surface area (TPSA) is 0 Å². The molecule has 0 saturated heterocycles. The van der Waals surface area contributed by atoms with Gasteiger partial charge in [0, 0.05) is 17.9 Å². The van der Waals surface area contributed by atoms with Gasteiger partial charge in [-0.25, -0.2) is 0 Å². The van der Waals surface area contributed by atoms with Gasteiger partial charge in [0.2, 0.25) is 0 Å². The molecule has 0 saturated carbocycles. The van der Waals surface area contributed by atoms with Gasteiger partial charge in [-0.15, -0.1) is 0 Å². The Morgan fingerprint density at radius 1 is 0.500 bits per heavy atom. The molecule has 0 heterocycles. The van der Waals surface area contributed by atoms with Gasteiger partial charge in [-0.1, -0.05) is 136 Å². The molecule has 5 aromatic carbocycles. The minimum atomic E-state index is -0.498. The van der Waals surface area contributed by atoms with Crippen molar-refractivity contribution in [3.63, 3.8) is 0 Å². The Balaban J connectivity index is 1.83. The molecule has 6 rings (SSSR count). The van der Waals surface area contributed by atoms with Gasteiger partial charge in [-0.05, 0) is 87.8 Å². The molecule has 0 amide bonds. The van der Waals surface area contributed by atoms with Crippen molar-refractivity contribution in [3.05, 3.63) is 149 Å². The lowest BCUT2D eigenvalue weighted by molar-refractivity contribution is 0.765.